The summed E-state index contributed by atoms with van der Waals surface area (Å²) >= 11 is 0. The number of rotatable bonds is 6. The summed E-state index contributed by atoms with van der Waals surface area (Å²) in [6.07, 6.45) is -0.133. The van der Waals surface area contributed by atoms with Crippen molar-refractivity contribution in [3.05, 3.63) is 77.6 Å². The molecule has 204 valence electrons. The maximum atomic E-state index is 13.8. The van der Waals surface area contributed by atoms with Gasteiger partial charge in [0, 0.05) is 23.0 Å². The summed E-state index contributed by atoms with van der Waals surface area (Å²) in [5.74, 6) is -0.813. The molecule has 6 nitrogen and oxygen atoms in total. The van der Waals surface area contributed by atoms with Gasteiger partial charge in [0.1, 0.15) is 0 Å². The molecule has 0 radical (unpaired) electrons. The van der Waals surface area contributed by atoms with Gasteiger partial charge in [-0.15, -0.1) is 0 Å². The van der Waals surface area contributed by atoms with Gasteiger partial charge < -0.3 is 14.6 Å². The molecule has 5 rings (SSSR count). The largest absolute Gasteiger partial charge is 0.469 e. The predicted octanol–water partition coefficient (Wildman–Crippen LogP) is 6.35. The van der Waals surface area contributed by atoms with Crippen LogP contribution in [0.3, 0.4) is 0 Å². The number of carbonyl (C=O) groups is 2. The van der Waals surface area contributed by atoms with Crippen molar-refractivity contribution in [3.63, 3.8) is 0 Å². The van der Waals surface area contributed by atoms with Crippen LogP contribution in [0.1, 0.15) is 54.2 Å². The molecule has 1 saturated carbocycles. The van der Waals surface area contributed by atoms with Crippen LogP contribution >= 0.6 is 0 Å². The minimum Gasteiger partial charge on any atom is -0.469 e. The molecule has 2 heterocycles. The molecule has 1 aliphatic carbocycles. The van der Waals surface area contributed by atoms with Gasteiger partial charge in [-0.2, -0.15) is 13.2 Å². The van der Waals surface area contributed by atoms with Gasteiger partial charge in [0.15, 0.2) is 0 Å². The van der Waals surface area contributed by atoms with Crippen molar-refractivity contribution < 1.29 is 27.5 Å². The van der Waals surface area contributed by atoms with E-state index in [1.54, 1.807) is 16.8 Å². The van der Waals surface area contributed by atoms with Crippen LogP contribution in [0.15, 0.2) is 60.8 Å². The Labute approximate surface area is 224 Å². The second kappa shape index (κ2) is 10.7. The third-order valence-electron chi connectivity index (χ3n) is 7.79. The van der Waals surface area contributed by atoms with Gasteiger partial charge in [-0.05, 0) is 68.9 Å². The van der Waals surface area contributed by atoms with E-state index in [2.05, 4.69) is 10.3 Å². The number of nitrogens with zero attached hydrogens (tertiary/aromatic N) is 2. The Kier molecular flexibility index (Phi) is 7.34. The first-order valence-corrected chi connectivity index (χ1v) is 13.1. The summed E-state index contributed by atoms with van der Waals surface area (Å²) in [4.78, 5) is 30.0. The number of fused-ring (bicyclic) bond motifs is 2. The molecular weight excluding hydrogens is 507 g/mol. The molecular formula is C30H30F3N3O3. The molecule has 1 unspecified atom stereocenters. The van der Waals surface area contributed by atoms with Crippen LogP contribution in [0.2, 0.25) is 0 Å². The number of pyridine rings is 1. The maximum absolute atomic E-state index is 13.8. The summed E-state index contributed by atoms with van der Waals surface area (Å²) in [6, 6.07) is 14.9. The minimum atomic E-state index is -4.59. The van der Waals surface area contributed by atoms with Crippen molar-refractivity contribution in [1.82, 2.24) is 14.9 Å². The minimum absolute atomic E-state index is 0.0271. The lowest BCUT2D eigenvalue weighted by atomic mass is 9.79. The van der Waals surface area contributed by atoms with E-state index < -0.39 is 17.6 Å². The van der Waals surface area contributed by atoms with E-state index in [1.807, 2.05) is 43.3 Å². The number of hydrogen-bond donors (Lipinski definition) is 1. The van der Waals surface area contributed by atoms with Crippen molar-refractivity contribution >= 4 is 33.7 Å². The molecule has 9 heteroatoms. The number of halogens is 3. The number of hydrogen-bond acceptors (Lipinski definition) is 4. The Bertz CT molecular complexity index is 1520. The average Bonchev–Trinajstić information content (AvgIpc) is 3.34. The molecule has 1 amide bonds. The van der Waals surface area contributed by atoms with Gasteiger partial charge in [0.25, 0.3) is 5.91 Å². The molecule has 0 saturated heterocycles. The van der Waals surface area contributed by atoms with Crippen LogP contribution in [0, 0.1) is 11.8 Å². The Morgan fingerprint density at radius 2 is 1.79 bits per heavy atom. The van der Waals surface area contributed by atoms with Gasteiger partial charge in [-0.25, -0.2) is 0 Å². The summed E-state index contributed by atoms with van der Waals surface area (Å²) in [5.41, 5.74) is 1.08. The summed E-state index contributed by atoms with van der Waals surface area (Å²) in [7, 11) is 1.37. The van der Waals surface area contributed by atoms with E-state index in [0.717, 1.165) is 41.6 Å². The number of methoxy groups -OCH3 is 1. The summed E-state index contributed by atoms with van der Waals surface area (Å²) < 4.78 is 47.9. The van der Waals surface area contributed by atoms with E-state index in [-0.39, 0.29) is 29.4 Å². The topological polar surface area (TPSA) is 73.2 Å². The van der Waals surface area contributed by atoms with E-state index >= 15 is 0 Å². The van der Waals surface area contributed by atoms with Gasteiger partial charge in [-0.3, -0.25) is 14.6 Å². The van der Waals surface area contributed by atoms with Gasteiger partial charge >= 0.3 is 12.1 Å². The zero-order chi connectivity index (χ0) is 27.7. The highest BCUT2D eigenvalue weighted by molar-refractivity contribution is 6.06. The summed E-state index contributed by atoms with van der Waals surface area (Å²) in [6.45, 7) is 2.16. The number of amides is 1. The van der Waals surface area contributed by atoms with Crippen LogP contribution in [0.25, 0.3) is 21.8 Å². The van der Waals surface area contributed by atoms with Crippen molar-refractivity contribution in [3.8, 4) is 0 Å². The van der Waals surface area contributed by atoms with E-state index in [4.69, 9.17) is 4.74 Å². The van der Waals surface area contributed by atoms with Gasteiger partial charge in [0.05, 0.1) is 47.4 Å². The lowest BCUT2D eigenvalue weighted by molar-refractivity contribution is -0.147. The number of ether oxygens (including phenoxy) is 1. The number of benzene rings is 2. The number of esters is 1. The monoisotopic (exact) mass is 537 g/mol. The lowest BCUT2D eigenvalue weighted by Gasteiger charge is -2.31. The lowest BCUT2D eigenvalue weighted by Crippen LogP contribution is -2.40. The molecule has 2 aromatic heterocycles. The molecule has 0 bridgehead atoms. The highest BCUT2D eigenvalue weighted by Crippen LogP contribution is 2.35. The van der Waals surface area contributed by atoms with Crippen molar-refractivity contribution in [1.29, 1.82) is 0 Å². The van der Waals surface area contributed by atoms with E-state index in [0.29, 0.717) is 30.3 Å². The fraction of sp³-hybridized carbons (Fsp3) is 0.367. The zero-order valence-corrected chi connectivity index (χ0v) is 21.8. The molecule has 0 aliphatic heterocycles. The Hall–Kier alpha value is -3.88. The second-order valence-corrected chi connectivity index (χ2v) is 10.3. The summed E-state index contributed by atoms with van der Waals surface area (Å²) in [5, 5.41) is 4.27. The fourth-order valence-electron chi connectivity index (χ4n) is 5.61. The van der Waals surface area contributed by atoms with Crippen LogP contribution < -0.4 is 5.32 Å². The van der Waals surface area contributed by atoms with Crippen LogP contribution in [0.5, 0.6) is 0 Å². The van der Waals surface area contributed by atoms with Crippen molar-refractivity contribution in [2.45, 2.75) is 51.4 Å². The predicted molar refractivity (Wildman–Crippen MR) is 142 cm³/mol. The first-order valence-electron chi connectivity index (χ1n) is 13.1. The first-order chi connectivity index (χ1) is 18.6. The number of nitrogens with one attached hydrogen (secondary N) is 1. The van der Waals surface area contributed by atoms with Crippen LogP contribution in [0.4, 0.5) is 13.2 Å². The highest BCUT2D eigenvalue weighted by Gasteiger charge is 2.34. The normalized spacial score (nSPS) is 18.7. The molecule has 1 atom stereocenters. The Balaban J connectivity index is 1.43. The highest BCUT2D eigenvalue weighted by atomic mass is 19.4. The molecule has 0 spiro atoms. The SMILES string of the molecule is COC(=O)C1CCC(C(C)NC(=O)c2cc(C(F)(F)F)cc3ccn(Cc4ccc5ccccc5n4)c23)CC1. The van der Waals surface area contributed by atoms with Crippen LogP contribution in [-0.4, -0.2) is 34.6 Å². The molecule has 1 aliphatic rings. The Morgan fingerprint density at radius 1 is 1.05 bits per heavy atom. The van der Waals surface area contributed by atoms with Crippen molar-refractivity contribution in [2.75, 3.05) is 7.11 Å². The number of alkyl halides is 3. The number of para-hydroxylation sites is 1. The van der Waals surface area contributed by atoms with Crippen molar-refractivity contribution in [2.24, 2.45) is 11.8 Å². The zero-order valence-electron chi connectivity index (χ0n) is 21.8. The molecule has 39 heavy (non-hydrogen) atoms. The van der Waals surface area contributed by atoms with Gasteiger partial charge in [-0.1, -0.05) is 24.3 Å². The van der Waals surface area contributed by atoms with E-state index in [1.165, 1.54) is 7.11 Å². The molecule has 1 N–H and O–H groups in total. The first kappa shape index (κ1) is 26.7. The average molecular weight is 538 g/mol. The molecule has 1 fully saturated rings. The number of carbonyl (C=O) groups excluding carboxylic acids is 2. The fourth-order valence-corrected chi connectivity index (χ4v) is 5.61. The quantitative estimate of drug-likeness (QED) is 0.291. The standard InChI is InChI=1S/C30H30F3N3O3/c1-18(19-7-9-21(10-8-19)29(38)39-2)34-28(37)25-16-23(30(31,32)33)15-22-13-14-36(27(22)25)17-24-12-11-20-5-3-4-6-26(20)35-24/h3-6,11-16,18-19,21H,7-10,17H2,1-2H3,(H,34,37). The Morgan fingerprint density at radius 3 is 2.51 bits per heavy atom. The van der Waals surface area contributed by atoms with Crippen LogP contribution in [-0.2, 0) is 22.3 Å². The molecule has 4 aromatic rings. The number of aromatic nitrogens is 2. The van der Waals surface area contributed by atoms with Gasteiger partial charge in [0.2, 0.25) is 0 Å². The maximum Gasteiger partial charge on any atom is 0.416 e. The van der Waals surface area contributed by atoms with E-state index in [9.17, 15) is 22.8 Å². The smallest absolute Gasteiger partial charge is 0.416 e. The third-order valence-corrected chi connectivity index (χ3v) is 7.79. The molecule has 2 aromatic carbocycles. The second-order valence-electron chi connectivity index (χ2n) is 10.3. The third kappa shape index (κ3) is 5.62.